The Bertz CT molecular complexity index is 4640. The highest BCUT2D eigenvalue weighted by Gasteiger charge is 2.29. The monoisotopic (exact) mass is 1820 g/mol. The van der Waals surface area contributed by atoms with E-state index in [0.717, 1.165) is 218 Å². The maximum Gasteiger partial charge on any atom is 0.131 e. The molecule has 0 unspecified atom stereocenters. The molecule has 0 amide bonds. The number of benzene rings is 8. The van der Waals surface area contributed by atoms with Crippen LogP contribution in [-0.2, 0) is 56.1 Å². The highest BCUT2D eigenvalue weighted by Crippen LogP contribution is 2.33. The van der Waals surface area contributed by atoms with E-state index in [1.165, 1.54) is 38.1 Å². The van der Waals surface area contributed by atoms with E-state index in [-0.39, 0.29) is 29.8 Å². The summed E-state index contributed by atoms with van der Waals surface area (Å²) >= 11 is 14.0. The van der Waals surface area contributed by atoms with Crippen LogP contribution in [0.25, 0.3) is 0 Å². The molecule has 6 heterocycles. The SMILES string of the molecule is COc1ccc(Br)cc1CCc1c(F)cccc1C1=NCCN1C(C)C.COc1ccc(Br)cc1CCc1c(F)cccc1C1=NCCN1CCCN1CCOCC1.COc1ccc(Br)cc1CCc1c(F)cccc1C1=NCCN1CCF.COc1ccc(Br)cc1CCc1c(F)cccc1C1=NCCN1CCN1CCCC1. The fourth-order valence-electron chi connectivity index (χ4n) is 15.6. The van der Waals surface area contributed by atoms with Crippen LogP contribution in [0.15, 0.2) is 183 Å². The summed E-state index contributed by atoms with van der Waals surface area (Å²) in [5.41, 5.74) is 10.5. The molecule has 2 fully saturated rings. The number of likely N-dealkylation sites (tertiary alicyclic amines) is 1. The van der Waals surface area contributed by atoms with Gasteiger partial charge in [-0.3, -0.25) is 24.9 Å². The van der Waals surface area contributed by atoms with Gasteiger partial charge in [0.05, 0.1) is 67.8 Å². The van der Waals surface area contributed by atoms with Crippen molar-refractivity contribution >= 4 is 87.1 Å². The minimum atomic E-state index is -0.446. The number of hydrogen-bond acceptors (Lipinski definition) is 15. The zero-order valence-electron chi connectivity index (χ0n) is 66.3. The third-order valence-corrected chi connectivity index (χ3v) is 23.5. The molecule has 6 aliphatic rings. The van der Waals surface area contributed by atoms with E-state index < -0.39 is 6.67 Å². The molecular weight excluding hydrogens is 1720 g/mol. The van der Waals surface area contributed by atoms with E-state index in [2.05, 4.69) is 118 Å². The van der Waals surface area contributed by atoms with Crippen LogP contribution in [0.1, 0.15) is 99.9 Å². The summed E-state index contributed by atoms with van der Waals surface area (Å²) in [5, 5.41) is 0. The Morgan fingerprint density at radius 3 is 1.04 bits per heavy atom. The van der Waals surface area contributed by atoms with E-state index in [1.54, 1.807) is 64.8 Å². The van der Waals surface area contributed by atoms with Crippen molar-refractivity contribution in [2.24, 2.45) is 20.0 Å². The third kappa shape index (κ3) is 23.6. The first-order chi connectivity index (χ1) is 55.4. The number of aliphatic imine (C=N–C) groups is 4. The van der Waals surface area contributed by atoms with Gasteiger partial charge in [0.2, 0.25) is 0 Å². The Hall–Kier alpha value is -7.71. The van der Waals surface area contributed by atoms with Crippen molar-refractivity contribution in [2.45, 2.75) is 90.5 Å². The molecule has 0 atom stereocenters. The largest absolute Gasteiger partial charge is 0.496 e. The number of halogens is 9. The minimum Gasteiger partial charge on any atom is -0.496 e. The maximum absolute atomic E-state index is 15.0. The van der Waals surface area contributed by atoms with Gasteiger partial charge in [-0.05, 0) is 239 Å². The summed E-state index contributed by atoms with van der Waals surface area (Å²) in [6.45, 7) is 20.5. The van der Waals surface area contributed by atoms with Crippen LogP contribution in [0.4, 0.5) is 22.0 Å². The first-order valence-electron chi connectivity index (χ1n) is 39.6. The van der Waals surface area contributed by atoms with Crippen molar-refractivity contribution < 1.29 is 45.6 Å². The van der Waals surface area contributed by atoms with Crippen LogP contribution >= 0.6 is 63.7 Å². The molecule has 24 heteroatoms. The standard InChI is InChI=1S/C25H31BrFN3O2.C24H29BrFN3O.C21H24BrFN2O.C20H21BrF2N2O/c1-31-24-9-7-20(26)18-19(24)6-8-21-22(4-2-5-23(21)27)25-28-10-13-30(25)12-3-11-29-14-16-32-17-15-29;1-30-23-10-8-19(25)17-18(23)7-9-20-21(5-4-6-22(20)26)24-27-11-14-29(24)16-15-28-12-2-3-13-28;1-14(2)25-12-11-24-21(25)18-5-4-6-19(23)17(18)9-7-15-13-16(22)8-10-20(15)26-3;1-26-19-8-6-15(21)13-14(19)5-7-16-17(3-2-4-18(16)23)20-24-10-12-25(20)11-9-22/h2,4-5,7,9,18H,3,6,8,10-17H2,1H3;4-6,8,10,17H,2-3,7,9,11-16H2,1H3;4-6,8,10,13-14H,7,9,11-12H2,1-3H3;2-4,6,8,13H,5,7,9-12H2,1H3. The van der Waals surface area contributed by atoms with Gasteiger partial charge in [0.15, 0.2) is 0 Å². The van der Waals surface area contributed by atoms with Crippen LogP contribution in [-0.4, -0.2) is 218 Å². The molecular formula is C90H105Br4F5N10O5. The molecule has 8 aromatic carbocycles. The van der Waals surface area contributed by atoms with Crippen LogP contribution < -0.4 is 18.9 Å². The maximum atomic E-state index is 15.0. The molecule has 6 aliphatic heterocycles. The number of methoxy groups -OCH3 is 4. The number of amidine groups is 4. The van der Waals surface area contributed by atoms with E-state index in [9.17, 15) is 22.0 Å². The highest BCUT2D eigenvalue weighted by molar-refractivity contribution is 9.11. The van der Waals surface area contributed by atoms with Crippen molar-refractivity contribution in [3.05, 3.63) is 254 Å². The van der Waals surface area contributed by atoms with Crippen LogP contribution in [0.2, 0.25) is 0 Å². The molecule has 0 N–H and O–H groups in total. The molecule has 0 spiro atoms. The number of morpholine rings is 1. The fourth-order valence-corrected chi connectivity index (χ4v) is 17.3. The van der Waals surface area contributed by atoms with E-state index >= 15 is 0 Å². The molecule has 14 rings (SSSR count). The molecule has 608 valence electrons. The topological polar surface area (TPSA) is 115 Å². The van der Waals surface area contributed by atoms with E-state index in [1.807, 2.05) is 95.9 Å². The number of hydrogen-bond donors (Lipinski definition) is 0. The van der Waals surface area contributed by atoms with Crippen molar-refractivity contribution in [3.63, 3.8) is 0 Å². The van der Waals surface area contributed by atoms with Gasteiger partial charge in [0.25, 0.3) is 0 Å². The van der Waals surface area contributed by atoms with Gasteiger partial charge < -0.3 is 48.2 Å². The smallest absolute Gasteiger partial charge is 0.131 e. The lowest BCUT2D eigenvalue weighted by atomic mass is 9.97. The third-order valence-electron chi connectivity index (χ3n) is 21.5. The molecule has 0 aliphatic carbocycles. The number of rotatable bonds is 30. The average Bonchev–Trinajstić information content (AvgIpc) is 1.58. The second-order valence-electron chi connectivity index (χ2n) is 29.0. The molecule has 0 bridgehead atoms. The number of ether oxygens (including phenoxy) is 5. The van der Waals surface area contributed by atoms with Gasteiger partial charge in [-0.2, -0.15) is 0 Å². The van der Waals surface area contributed by atoms with Gasteiger partial charge in [-0.25, -0.2) is 22.0 Å². The van der Waals surface area contributed by atoms with Crippen molar-refractivity contribution in [2.75, 3.05) is 160 Å². The molecule has 0 radical (unpaired) electrons. The zero-order chi connectivity index (χ0) is 80.5. The fraction of sp³-hybridized carbons (Fsp3) is 0.422. The average molecular weight is 1820 g/mol. The predicted octanol–water partition coefficient (Wildman–Crippen LogP) is 18.0. The molecule has 114 heavy (non-hydrogen) atoms. The van der Waals surface area contributed by atoms with E-state index in [4.69, 9.17) is 33.7 Å². The summed E-state index contributed by atoms with van der Waals surface area (Å²) < 4.78 is 103. The normalized spacial score (nSPS) is 15.6. The lowest BCUT2D eigenvalue weighted by Crippen LogP contribution is -2.38. The first-order valence-corrected chi connectivity index (χ1v) is 42.8. The number of alkyl halides is 1. The quantitative estimate of drug-likeness (QED) is 0.0401. The Morgan fingerprint density at radius 2 is 0.693 bits per heavy atom. The van der Waals surface area contributed by atoms with Crippen LogP contribution in [0.5, 0.6) is 23.0 Å². The van der Waals surface area contributed by atoms with Crippen LogP contribution in [0.3, 0.4) is 0 Å². The zero-order valence-corrected chi connectivity index (χ0v) is 72.6. The van der Waals surface area contributed by atoms with Gasteiger partial charge in [0, 0.05) is 118 Å². The van der Waals surface area contributed by atoms with Crippen molar-refractivity contribution in [3.8, 4) is 23.0 Å². The second kappa shape index (κ2) is 44.0. The lowest BCUT2D eigenvalue weighted by molar-refractivity contribution is 0.0369. The summed E-state index contributed by atoms with van der Waals surface area (Å²) in [6.07, 6.45) is 8.71. The van der Waals surface area contributed by atoms with Gasteiger partial charge in [0.1, 0.15) is 76.3 Å². The summed E-state index contributed by atoms with van der Waals surface area (Å²) in [5.74, 6) is 6.00. The summed E-state index contributed by atoms with van der Waals surface area (Å²) in [6, 6.07) is 45.0. The number of nitrogens with zero attached hydrogens (tertiary/aromatic N) is 10. The Labute approximate surface area is 703 Å². The Balaban J connectivity index is 0.000000150. The Morgan fingerprint density at radius 1 is 0.368 bits per heavy atom. The van der Waals surface area contributed by atoms with E-state index in [0.29, 0.717) is 81.9 Å². The lowest BCUT2D eigenvalue weighted by Gasteiger charge is -2.28. The van der Waals surface area contributed by atoms with Gasteiger partial charge in [-0.15, -0.1) is 0 Å². The minimum absolute atomic E-state index is 0.157. The first kappa shape index (κ1) is 87.1. The molecule has 0 saturated carbocycles. The Kier molecular flexibility index (Phi) is 33.6. The van der Waals surface area contributed by atoms with Crippen LogP contribution in [0, 0.1) is 23.3 Å². The molecule has 15 nitrogen and oxygen atoms in total. The predicted molar refractivity (Wildman–Crippen MR) is 464 cm³/mol. The summed E-state index contributed by atoms with van der Waals surface area (Å²) in [7, 11) is 6.63. The number of aryl methyl sites for hydroxylation is 4. The summed E-state index contributed by atoms with van der Waals surface area (Å²) in [4.78, 5) is 32.4. The second-order valence-corrected chi connectivity index (χ2v) is 32.7. The molecule has 2 saturated heterocycles. The van der Waals surface area contributed by atoms with Gasteiger partial charge in [-0.1, -0.05) is 112 Å². The van der Waals surface area contributed by atoms with Crippen molar-refractivity contribution in [1.82, 2.24) is 29.4 Å². The molecule has 8 aromatic rings. The highest BCUT2D eigenvalue weighted by atomic mass is 79.9. The molecule has 0 aromatic heterocycles. The van der Waals surface area contributed by atoms with Crippen molar-refractivity contribution in [1.29, 1.82) is 0 Å². The van der Waals surface area contributed by atoms with Gasteiger partial charge >= 0.3 is 0 Å².